The van der Waals surface area contributed by atoms with Crippen molar-refractivity contribution in [1.29, 1.82) is 0 Å². The number of carbonyl (C=O) groups excluding carboxylic acids is 1. The third-order valence-corrected chi connectivity index (χ3v) is 5.82. The maximum atomic E-state index is 13.6. The van der Waals surface area contributed by atoms with Gasteiger partial charge in [0.2, 0.25) is 0 Å². The molecule has 1 aromatic heterocycles. The van der Waals surface area contributed by atoms with Gasteiger partial charge in [-0.1, -0.05) is 0 Å². The molecule has 1 aliphatic heterocycles. The van der Waals surface area contributed by atoms with Crippen LogP contribution in [0.5, 0.6) is 0 Å². The highest BCUT2D eigenvalue weighted by molar-refractivity contribution is 5.98. The molecule has 1 saturated heterocycles. The van der Waals surface area contributed by atoms with Crippen molar-refractivity contribution in [3.05, 3.63) is 74.9 Å². The third kappa shape index (κ3) is 5.10. The highest BCUT2D eigenvalue weighted by Gasteiger charge is 2.22. The summed E-state index contributed by atoms with van der Waals surface area (Å²) in [6.45, 7) is 4.28. The molecule has 0 aliphatic carbocycles. The van der Waals surface area contributed by atoms with Crippen LogP contribution in [0.2, 0.25) is 0 Å². The van der Waals surface area contributed by atoms with Crippen LogP contribution < -0.4 is 15.6 Å². The SMILES string of the molecule is C[C@@H](NCc1cc(F)cc(F)c1)c1cc(C(=O)N(C)C)cc2c(=O)cc(N3CCOCC3)oc12. The van der Waals surface area contributed by atoms with Crippen LogP contribution in [0, 0.1) is 11.6 Å². The minimum Gasteiger partial charge on any atom is -0.440 e. The molecule has 0 radical (unpaired) electrons. The first-order valence-corrected chi connectivity index (χ1v) is 11.1. The van der Waals surface area contributed by atoms with Crippen LogP contribution in [-0.2, 0) is 11.3 Å². The quantitative estimate of drug-likeness (QED) is 0.594. The molecule has 1 atom stereocenters. The number of halogens is 2. The van der Waals surface area contributed by atoms with Crippen LogP contribution in [0.1, 0.15) is 34.5 Å². The van der Waals surface area contributed by atoms with Crippen LogP contribution in [0.25, 0.3) is 11.0 Å². The molecule has 3 aromatic rings. The Morgan fingerprint density at radius 2 is 1.76 bits per heavy atom. The summed E-state index contributed by atoms with van der Waals surface area (Å²) in [7, 11) is 3.27. The van der Waals surface area contributed by atoms with Gasteiger partial charge in [0.15, 0.2) is 11.3 Å². The number of fused-ring (bicyclic) bond motifs is 1. The van der Waals surface area contributed by atoms with Crippen LogP contribution >= 0.6 is 0 Å². The fourth-order valence-electron chi connectivity index (χ4n) is 4.01. The van der Waals surface area contributed by atoms with Gasteiger partial charge in [-0.25, -0.2) is 8.78 Å². The van der Waals surface area contributed by atoms with E-state index in [1.807, 2.05) is 11.8 Å². The summed E-state index contributed by atoms with van der Waals surface area (Å²) >= 11 is 0. The van der Waals surface area contributed by atoms with E-state index in [1.165, 1.54) is 23.1 Å². The number of hydrogen-bond donors (Lipinski definition) is 1. The van der Waals surface area contributed by atoms with Gasteiger partial charge in [0, 0.05) is 63.0 Å². The van der Waals surface area contributed by atoms with Crippen LogP contribution in [0.4, 0.5) is 14.7 Å². The van der Waals surface area contributed by atoms with Crippen molar-refractivity contribution in [3.8, 4) is 0 Å². The summed E-state index contributed by atoms with van der Waals surface area (Å²) in [6, 6.07) is 7.61. The van der Waals surface area contributed by atoms with Gasteiger partial charge < -0.3 is 24.3 Å². The molecule has 180 valence electrons. The van der Waals surface area contributed by atoms with Gasteiger partial charge >= 0.3 is 0 Å². The Bertz CT molecular complexity index is 1250. The van der Waals surface area contributed by atoms with Crippen molar-refractivity contribution in [2.75, 3.05) is 45.3 Å². The van der Waals surface area contributed by atoms with E-state index in [2.05, 4.69) is 5.32 Å². The van der Waals surface area contributed by atoms with Crippen LogP contribution in [-0.4, -0.2) is 51.2 Å². The second-order valence-corrected chi connectivity index (χ2v) is 8.57. The lowest BCUT2D eigenvalue weighted by Crippen LogP contribution is -2.36. The molecule has 7 nitrogen and oxygen atoms in total. The maximum absolute atomic E-state index is 13.6. The minimum absolute atomic E-state index is 0.177. The monoisotopic (exact) mass is 471 g/mol. The van der Waals surface area contributed by atoms with Gasteiger partial charge in [0.1, 0.15) is 17.2 Å². The summed E-state index contributed by atoms with van der Waals surface area (Å²) in [4.78, 5) is 29.2. The molecular weight excluding hydrogens is 444 g/mol. The molecule has 0 unspecified atom stereocenters. The average molecular weight is 472 g/mol. The van der Waals surface area contributed by atoms with E-state index < -0.39 is 17.7 Å². The maximum Gasteiger partial charge on any atom is 0.253 e. The molecule has 1 fully saturated rings. The fourth-order valence-corrected chi connectivity index (χ4v) is 4.01. The molecule has 34 heavy (non-hydrogen) atoms. The first kappa shape index (κ1) is 23.8. The lowest BCUT2D eigenvalue weighted by molar-refractivity contribution is 0.0827. The van der Waals surface area contributed by atoms with Gasteiger partial charge in [-0.15, -0.1) is 0 Å². The lowest BCUT2D eigenvalue weighted by Gasteiger charge is -2.27. The molecule has 0 spiro atoms. The Hall–Kier alpha value is -3.30. The van der Waals surface area contributed by atoms with E-state index in [9.17, 15) is 18.4 Å². The van der Waals surface area contributed by atoms with E-state index in [0.717, 1.165) is 6.07 Å². The van der Waals surface area contributed by atoms with Crippen molar-refractivity contribution in [1.82, 2.24) is 10.2 Å². The number of nitrogens with zero attached hydrogens (tertiary/aromatic N) is 2. The second-order valence-electron chi connectivity index (χ2n) is 8.57. The number of nitrogens with one attached hydrogen (secondary N) is 1. The Labute approximate surface area is 195 Å². The summed E-state index contributed by atoms with van der Waals surface area (Å²) in [6.07, 6.45) is 0. The summed E-state index contributed by atoms with van der Waals surface area (Å²) in [5.41, 5.74) is 1.51. The Kier molecular flexibility index (Phi) is 6.95. The Morgan fingerprint density at radius 3 is 2.41 bits per heavy atom. The number of rotatable bonds is 6. The molecule has 1 N–H and O–H groups in total. The summed E-state index contributed by atoms with van der Waals surface area (Å²) in [5, 5.41) is 3.52. The number of morpholine rings is 1. The first-order chi connectivity index (χ1) is 16.2. The van der Waals surface area contributed by atoms with Gasteiger partial charge in [0.05, 0.1) is 18.6 Å². The van der Waals surface area contributed by atoms with Crippen molar-refractivity contribution >= 4 is 22.8 Å². The summed E-state index contributed by atoms with van der Waals surface area (Å²) in [5.74, 6) is -1.13. The molecule has 1 amide bonds. The zero-order valence-electron chi connectivity index (χ0n) is 19.4. The van der Waals surface area contributed by atoms with Crippen molar-refractivity contribution in [3.63, 3.8) is 0 Å². The van der Waals surface area contributed by atoms with Crippen molar-refractivity contribution in [2.24, 2.45) is 0 Å². The molecule has 1 aliphatic rings. The van der Waals surface area contributed by atoms with Gasteiger partial charge in [-0.2, -0.15) is 0 Å². The standard InChI is InChI=1S/C25H27F2N3O4/c1-15(28-14-16-8-18(26)12-19(27)9-16)20-10-17(25(32)29(2)3)11-21-22(31)13-23(34-24(20)21)30-4-6-33-7-5-30/h8-13,15,28H,4-7,14H2,1-3H3/t15-/m1/s1. The predicted octanol–water partition coefficient (Wildman–Crippen LogP) is 3.46. The first-order valence-electron chi connectivity index (χ1n) is 11.1. The predicted molar refractivity (Wildman–Crippen MR) is 125 cm³/mol. The summed E-state index contributed by atoms with van der Waals surface area (Å²) < 4.78 is 38.8. The zero-order chi connectivity index (χ0) is 24.4. The Balaban J connectivity index is 1.76. The van der Waals surface area contributed by atoms with E-state index in [1.54, 1.807) is 26.2 Å². The number of amides is 1. The van der Waals surface area contributed by atoms with Gasteiger partial charge in [-0.3, -0.25) is 9.59 Å². The number of ether oxygens (including phenoxy) is 1. The highest BCUT2D eigenvalue weighted by Crippen LogP contribution is 2.29. The number of hydrogen-bond acceptors (Lipinski definition) is 6. The third-order valence-electron chi connectivity index (χ3n) is 5.82. The smallest absolute Gasteiger partial charge is 0.253 e. The van der Waals surface area contributed by atoms with Crippen LogP contribution in [0.15, 0.2) is 45.6 Å². The molecule has 2 aromatic carbocycles. The van der Waals surface area contributed by atoms with Crippen LogP contribution in [0.3, 0.4) is 0 Å². The largest absolute Gasteiger partial charge is 0.440 e. The van der Waals surface area contributed by atoms with E-state index in [-0.39, 0.29) is 17.9 Å². The van der Waals surface area contributed by atoms with Gasteiger partial charge in [-0.05, 0) is 36.8 Å². The average Bonchev–Trinajstić information content (AvgIpc) is 2.81. The Morgan fingerprint density at radius 1 is 1.09 bits per heavy atom. The fraction of sp³-hybridized carbons (Fsp3) is 0.360. The molecule has 0 saturated carbocycles. The molecule has 0 bridgehead atoms. The second kappa shape index (κ2) is 9.90. The molecular formula is C25H27F2N3O4. The number of carbonyl (C=O) groups is 1. The van der Waals surface area contributed by atoms with Gasteiger partial charge in [0.25, 0.3) is 5.91 Å². The minimum atomic E-state index is -0.658. The van der Waals surface area contributed by atoms with Crippen molar-refractivity contribution < 1.29 is 22.7 Å². The molecule has 9 heteroatoms. The van der Waals surface area contributed by atoms with Crippen molar-refractivity contribution in [2.45, 2.75) is 19.5 Å². The lowest BCUT2D eigenvalue weighted by atomic mass is 10.00. The van der Waals surface area contributed by atoms with E-state index in [4.69, 9.17) is 9.15 Å². The highest BCUT2D eigenvalue weighted by atomic mass is 19.1. The number of benzene rings is 2. The number of anilines is 1. The van der Waals surface area contributed by atoms with E-state index in [0.29, 0.717) is 59.8 Å². The molecule has 2 heterocycles. The topological polar surface area (TPSA) is 75.0 Å². The van der Waals surface area contributed by atoms with E-state index >= 15 is 0 Å². The normalized spacial score (nSPS) is 14.9. The zero-order valence-corrected chi connectivity index (χ0v) is 19.4. The molecule has 4 rings (SSSR count).